The maximum atomic E-state index is 12.2. The lowest BCUT2D eigenvalue weighted by Crippen LogP contribution is -2.55. The average molecular weight is 379 g/mol. The molecule has 1 aromatic carbocycles. The molecule has 1 aliphatic heterocycles. The molecule has 0 bridgehead atoms. The number of carbonyl (C=O) groups excluding carboxylic acids is 1. The normalized spacial score (nSPS) is 23.4. The lowest BCUT2D eigenvalue weighted by Gasteiger charge is -2.43. The van der Waals surface area contributed by atoms with Crippen molar-refractivity contribution in [1.82, 2.24) is 0 Å². The van der Waals surface area contributed by atoms with Gasteiger partial charge in [0.15, 0.2) is 8.32 Å². The highest BCUT2D eigenvalue weighted by Crippen LogP contribution is 2.39. The topological polar surface area (TPSA) is 54.0 Å². The summed E-state index contributed by atoms with van der Waals surface area (Å²) in [5, 5.41) is -0.00118. The van der Waals surface area contributed by atoms with E-state index in [1.165, 1.54) is 13.4 Å². The van der Waals surface area contributed by atoms with Crippen LogP contribution < -0.4 is 0 Å². The van der Waals surface area contributed by atoms with Crippen LogP contribution >= 0.6 is 0 Å². The van der Waals surface area contributed by atoms with Crippen LogP contribution in [0.5, 0.6) is 0 Å². The minimum absolute atomic E-state index is 0.00118. The maximum Gasteiger partial charge on any atom is 0.349 e. The van der Waals surface area contributed by atoms with Crippen LogP contribution in [0.1, 0.15) is 26.3 Å². The third-order valence-corrected chi connectivity index (χ3v) is 9.55. The Morgan fingerprint density at radius 2 is 1.85 bits per heavy atom. The van der Waals surface area contributed by atoms with Crippen molar-refractivity contribution in [3.8, 4) is 0 Å². The van der Waals surface area contributed by atoms with Gasteiger partial charge in [-0.05, 0) is 29.8 Å². The van der Waals surface area contributed by atoms with Gasteiger partial charge in [0.05, 0.1) is 20.0 Å². The second kappa shape index (κ2) is 8.37. The summed E-state index contributed by atoms with van der Waals surface area (Å²) in [5.74, 6) is -0.452. The highest BCUT2D eigenvalue weighted by molar-refractivity contribution is 6.74. The Kier molecular flexibility index (Phi) is 6.66. The van der Waals surface area contributed by atoms with Gasteiger partial charge in [0, 0.05) is 0 Å². The van der Waals surface area contributed by atoms with Gasteiger partial charge in [0.25, 0.3) is 0 Å². The zero-order chi connectivity index (χ0) is 19.4. The fourth-order valence-electron chi connectivity index (χ4n) is 2.44. The van der Waals surface area contributed by atoms with Gasteiger partial charge in [0.1, 0.15) is 12.2 Å². The first-order valence-corrected chi connectivity index (χ1v) is 11.8. The van der Waals surface area contributed by atoms with Crippen LogP contribution in [0.4, 0.5) is 0 Å². The van der Waals surface area contributed by atoms with Gasteiger partial charge >= 0.3 is 5.97 Å². The Hall–Kier alpha value is -1.63. The summed E-state index contributed by atoms with van der Waals surface area (Å²) >= 11 is 0. The number of benzene rings is 1. The molecule has 1 aromatic rings. The Bertz CT molecular complexity index is 621. The summed E-state index contributed by atoms with van der Waals surface area (Å²) in [7, 11) is -0.790. The Morgan fingerprint density at radius 1 is 1.19 bits per heavy atom. The van der Waals surface area contributed by atoms with Gasteiger partial charge in [-0.3, -0.25) is 0 Å². The molecule has 0 radical (unpaired) electrons. The summed E-state index contributed by atoms with van der Waals surface area (Å²) in [6, 6.07) is 9.92. The van der Waals surface area contributed by atoms with Crippen LogP contribution in [-0.2, 0) is 30.0 Å². The van der Waals surface area contributed by atoms with Crippen molar-refractivity contribution in [2.75, 3.05) is 7.11 Å². The van der Waals surface area contributed by atoms with Crippen LogP contribution in [-0.4, -0.2) is 39.7 Å². The molecular weight excluding hydrogens is 348 g/mol. The van der Waals surface area contributed by atoms with Gasteiger partial charge in [-0.2, -0.15) is 0 Å². The van der Waals surface area contributed by atoms with E-state index >= 15 is 0 Å². The average Bonchev–Trinajstić information content (AvgIpc) is 2.59. The second-order valence-corrected chi connectivity index (χ2v) is 12.8. The van der Waals surface area contributed by atoms with Crippen molar-refractivity contribution < 1.29 is 23.4 Å². The van der Waals surface area contributed by atoms with Crippen molar-refractivity contribution in [3.63, 3.8) is 0 Å². The summed E-state index contributed by atoms with van der Waals surface area (Å²) in [6.45, 7) is 11.2. The largest absolute Gasteiger partial charge is 0.484 e. The summed E-state index contributed by atoms with van der Waals surface area (Å²) in [5.41, 5.74) is 1.06. The molecule has 2 rings (SSSR count). The fourth-order valence-corrected chi connectivity index (χ4v) is 3.73. The second-order valence-electron chi connectivity index (χ2n) is 8.01. The van der Waals surface area contributed by atoms with E-state index in [0.717, 1.165) is 5.56 Å². The number of hydrogen-bond acceptors (Lipinski definition) is 5. The van der Waals surface area contributed by atoms with Crippen LogP contribution in [0.25, 0.3) is 0 Å². The van der Waals surface area contributed by atoms with Crippen molar-refractivity contribution >= 4 is 14.3 Å². The summed E-state index contributed by atoms with van der Waals surface area (Å²) in [4.78, 5) is 12.2. The van der Waals surface area contributed by atoms with E-state index in [4.69, 9.17) is 18.6 Å². The van der Waals surface area contributed by atoms with Crippen molar-refractivity contribution in [3.05, 3.63) is 48.2 Å². The molecule has 0 aromatic heterocycles. The van der Waals surface area contributed by atoms with Gasteiger partial charge in [0.2, 0.25) is 6.10 Å². The van der Waals surface area contributed by atoms with Crippen molar-refractivity contribution in [2.45, 2.75) is 63.8 Å². The number of hydrogen-bond donors (Lipinski definition) is 0. The zero-order valence-corrected chi connectivity index (χ0v) is 17.5. The third kappa shape index (κ3) is 4.96. The molecule has 0 aliphatic carbocycles. The molecule has 0 amide bonds. The Morgan fingerprint density at radius 3 is 2.42 bits per heavy atom. The quantitative estimate of drug-likeness (QED) is 0.552. The van der Waals surface area contributed by atoms with Gasteiger partial charge in [-0.25, -0.2) is 4.79 Å². The molecule has 144 valence electrons. The standard InChI is InChI=1S/C20H30O5Si/c1-20(2,3)26(5,6)25-17-16(12-13-23-18(17)19(21)22-4)24-14-15-10-8-7-9-11-15/h7-13,16-18H,14H2,1-6H3/t16-,17+,18-/m1/s1. The molecule has 0 saturated carbocycles. The predicted octanol–water partition coefficient (Wildman–Crippen LogP) is 4.05. The van der Waals surface area contributed by atoms with E-state index in [1.807, 2.05) is 30.3 Å². The van der Waals surface area contributed by atoms with Gasteiger partial charge in [-0.15, -0.1) is 0 Å². The molecular formula is C20H30O5Si. The molecule has 6 heteroatoms. The number of methoxy groups -OCH3 is 1. The molecule has 0 unspecified atom stereocenters. The molecule has 0 fully saturated rings. The predicted molar refractivity (Wildman–Crippen MR) is 103 cm³/mol. The van der Waals surface area contributed by atoms with E-state index in [0.29, 0.717) is 6.61 Å². The molecule has 1 aliphatic rings. The smallest absolute Gasteiger partial charge is 0.349 e. The number of rotatable bonds is 6. The van der Waals surface area contributed by atoms with Crippen LogP contribution in [0, 0.1) is 0 Å². The summed E-state index contributed by atoms with van der Waals surface area (Å²) in [6.07, 6.45) is 1.54. The number of carbonyl (C=O) groups is 1. The van der Waals surface area contributed by atoms with Crippen LogP contribution in [0.15, 0.2) is 42.7 Å². The third-order valence-electron chi connectivity index (χ3n) is 5.07. The summed E-state index contributed by atoms with van der Waals surface area (Å²) < 4.78 is 23.1. The van der Waals surface area contributed by atoms with E-state index in [2.05, 4.69) is 33.9 Å². The first kappa shape index (κ1) is 20.7. The van der Waals surface area contributed by atoms with Gasteiger partial charge in [-0.1, -0.05) is 51.1 Å². The van der Waals surface area contributed by atoms with Crippen LogP contribution in [0.2, 0.25) is 18.1 Å². The molecule has 3 atom stereocenters. The molecule has 0 saturated heterocycles. The first-order chi connectivity index (χ1) is 12.2. The Labute approximate surface area is 157 Å². The number of esters is 1. The molecule has 1 heterocycles. The van der Waals surface area contributed by atoms with E-state index in [1.54, 1.807) is 6.08 Å². The molecule has 0 N–H and O–H groups in total. The molecule has 26 heavy (non-hydrogen) atoms. The molecule has 0 spiro atoms. The Balaban J connectivity index is 2.21. The highest BCUT2D eigenvalue weighted by atomic mass is 28.4. The zero-order valence-electron chi connectivity index (χ0n) is 16.5. The minimum atomic E-state index is -2.14. The molecule has 5 nitrogen and oxygen atoms in total. The lowest BCUT2D eigenvalue weighted by molar-refractivity contribution is -0.164. The minimum Gasteiger partial charge on any atom is -0.484 e. The van der Waals surface area contributed by atoms with Crippen LogP contribution in [0.3, 0.4) is 0 Å². The van der Waals surface area contributed by atoms with E-state index < -0.39 is 26.5 Å². The van der Waals surface area contributed by atoms with Crippen molar-refractivity contribution in [1.29, 1.82) is 0 Å². The highest BCUT2D eigenvalue weighted by Gasteiger charge is 2.47. The van der Waals surface area contributed by atoms with E-state index in [9.17, 15) is 4.79 Å². The monoisotopic (exact) mass is 378 g/mol. The lowest BCUT2D eigenvalue weighted by atomic mass is 10.1. The number of ether oxygens (including phenoxy) is 3. The first-order valence-electron chi connectivity index (χ1n) is 8.89. The van der Waals surface area contributed by atoms with E-state index in [-0.39, 0.29) is 11.1 Å². The van der Waals surface area contributed by atoms with Crippen molar-refractivity contribution in [2.24, 2.45) is 0 Å². The fraction of sp³-hybridized carbons (Fsp3) is 0.550. The maximum absolute atomic E-state index is 12.2. The van der Waals surface area contributed by atoms with Gasteiger partial charge < -0.3 is 18.6 Å². The SMILES string of the molecule is COC(=O)[C@@H]1OC=C[C@@H](OCc2ccccc2)[C@@H]1O[Si](C)(C)C(C)(C)C.